The van der Waals surface area contributed by atoms with Crippen molar-refractivity contribution in [3.05, 3.63) is 62.6 Å². The van der Waals surface area contributed by atoms with Gasteiger partial charge in [0, 0.05) is 28.7 Å². The Morgan fingerprint density at radius 3 is 2.50 bits per heavy atom. The highest BCUT2D eigenvalue weighted by Crippen LogP contribution is 2.57. The van der Waals surface area contributed by atoms with Gasteiger partial charge in [-0.2, -0.15) is 0 Å². The van der Waals surface area contributed by atoms with Crippen LogP contribution in [0.15, 0.2) is 36.4 Å². The van der Waals surface area contributed by atoms with Crippen LogP contribution in [0.3, 0.4) is 0 Å². The van der Waals surface area contributed by atoms with E-state index in [4.69, 9.17) is 34.8 Å². The summed E-state index contributed by atoms with van der Waals surface area (Å²) in [4.78, 5) is 28.2. The highest BCUT2D eigenvalue weighted by molar-refractivity contribution is 6.42. The van der Waals surface area contributed by atoms with Crippen molar-refractivity contribution in [1.29, 1.82) is 0 Å². The van der Waals surface area contributed by atoms with Crippen LogP contribution in [0.5, 0.6) is 0 Å². The second-order valence-corrected chi connectivity index (χ2v) is 13.3. The van der Waals surface area contributed by atoms with Gasteiger partial charge in [-0.1, -0.05) is 73.8 Å². The number of nitrogens with one attached hydrogen (secondary N) is 3. The minimum absolute atomic E-state index is 0.0377. The van der Waals surface area contributed by atoms with Gasteiger partial charge in [-0.15, -0.1) is 0 Å². The van der Waals surface area contributed by atoms with Crippen molar-refractivity contribution in [2.75, 3.05) is 5.32 Å². The smallest absolute Gasteiger partial charge is 0.238 e. The van der Waals surface area contributed by atoms with Gasteiger partial charge in [-0.25, -0.2) is 0 Å². The predicted molar refractivity (Wildman–Crippen MR) is 152 cm³/mol. The number of hydrogen-bond acceptors (Lipinski definition) is 4. The number of carbonyl (C=O) groups is 2. The molecule has 2 heterocycles. The summed E-state index contributed by atoms with van der Waals surface area (Å²) in [6.45, 7) is 6.38. The maximum atomic E-state index is 14.2. The average Bonchev–Trinajstić information content (AvgIpc) is 3.31. The molecule has 1 saturated heterocycles. The molecule has 1 aliphatic carbocycles. The Morgan fingerprint density at radius 1 is 1.11 bits per heavy atom. The Kier molecular flexibility index (Phi) is 7.51. The lowest BCUT2D eigenvalue weighted by Gasteiger charge is -2.38. The lowest BCUT2D eigenvalue weighted by Crippen LogP contribution is -2.49. The van der Waals surface area contributed by atoms with E-state index < -0.39 is 17.4 Å². The maximum absolute atomic E-state index is 14.2. The number of amides is 2. The summed E-state index contributed by atoms with van der Waals surface area (Å²) in [6.07, 6.45) is 3.03. The minimum atomic E-state index is -1.12. The van der Waals surface area contributed by atoms with Crippen LogP contribution >= 0.6 is 34.8 Å². The first kappa shape index (κ1) is 27.7. The number of benzene rings is 2. The molecule has 204 valence electrons. The molecule has 2 fully saturated rings. The van der Waals surface area contributed by atoms with E-state index in [1.165, 1.54) is 0 Å². The van der Waals surface area contributed by atoms with Gasteiger partial charge >= 0.3 is 0 Å². The molecule has 3 aliphatic rings. The lowest BCUT2D eigenvalue weighted by molar-refractivity contribution is -0.124. The summed E-state index contributed by atoms with van der Waals surface area (Å²) < 4.78 is 0. The van der Waals surface area contributed by atoms with Gasteiger partial charge in [-0.05, 0) is 66.8 Å². The lowest BCUT2D eigenvalue weighted by atomic mass is 9.62. The van der Waals surface area contributed by atoms with E-state index in [0.29, 0.717) is 58.4 Å². The molecule has 6 nitrogen and oxygen atoms in total. The second-order valence-electron chi connectivity index (χ2n) is 12.1. The van der Waals surface area contributed by atoms with Crippen molar-refractivity contribution in [3.63, 3.8) is 0 Å². The summed E-state index contributed by atoms with van der Waals surface area (Å²) >= 11 is 19.6. The van der Waals surface area contributed by atoms with E-state index in [1.54, 1.807) is 24.3 Å². The molecule has 38 heavy (non-hydrogen) atoms. The zero-order valence-corrected chi connectivity index (χ0v) is 24.1. The zero-order valence-electron chi connectivity index (χ0n) is 21.8. The first-order valence-electron chi connectivity index (χ1n) is 13.2. The van der Waals surface area contributed by atoms with Gasteiger partial charge in [0.1, 0.15) is 5.41 Å². The van der Waals surface area contributed by atoms with E-state index in [9.17, 15) is 14.7 Å². The van der Waals surface area contributed by atoms with Crippen LogP contribution in [-0.4, -0.2) is 41.2 Å². The predicted octanol–water partition coefficient (Wildman–Crippen LogP) is 5.82. The Balaban J connectivity index is 1.67. The van der Waals surface area contributed by atoms with E-state index in [-0.39, 0.29) is 35.4 Å². The van der Waals surface area contributed by atoms with E-state index in [1.807, 2.05) is 12.1 Å². The molecule has 2 amide bonds. The Hall–Kier alpha value is -1.83. The number of rotatable bonds is 4. The summed E-state index contributed by atoms with van der Waals surface area (Å²) in [7, 11) is 0. The first-order valence-corrected chi connectivity index (χ1v) is 14.3. The first-order chi connectivity index (χ1) is 17.9. The summed E-state index contributed by atoms with van der Waals surface area (Å²) in [6, 6.07) is 9.67. The second kappa shape index (κ2) is 10.3. The number of anilines is 1. The standard InChI is InChI=1S/C29H34Cl3N3O3/c1-28(2,3)14-22-29(19-12-7-15(30)13-21(19)34-27(29)38)23(18-5-4-6-20(31)24(18)32)25(35-22)26(37)33-16-8-10-17(36)11-9-16/h4-7,12-13,16-17,22-23,25,35-36H,8-11,14H2,1-3H3,(H,33,37)(H,34,38)/t16?,17?,22-,23+,25?,29+/m1/s1. The van der Waals surface area contributed by atoms with Crippen LogP contribution < -0.4 is 16.0 Å². The molecule has 4 N–H and O–H groups in total. The average molecular weight is 579 g/mol. The molecule has 0 aromatic heterocycles. The van der Waals surface area contributed by atoms with E-state index in [2.05, 4.69) is 36.7 Å². The number of hydrogen-bond donors (Lipinski definition) is 4. The maximum Gasteiger partial charge on any atom is 0.238 e. The van der Waals surface area contributed by atoms with Gasteiger partial charge in [0.05, 0.1) is 22.2 Å². The van der Waals surface area contributed by atoms with Crippen LogP contribution in [0.1, 0.15) is 69.9 Å². The fraction of sp³-hybridized carbons (Fsp3) is 0.517. The number of aliphatic hydroxyl groups excluding tert-OH is 1. The highest BCUT2D eigenvalue weighted by atomic mass is 35.5. The molecule has 5 rings (SSSR count). The molecule has 1 saturated carbocycles. The van der Waals surface area contributed by atoms with Crippen molar-refractivity contribution >= 4 is 52.3 Å². The quantitative estimate of drug-likeness (QED) is 0.368. The zero-order chi connectivity index (χ0) is 27.4. The third-order valence-electron chi connectivity index (χ3n) is 8.26. The van der Waals surface area contributed by atoms with Crippen LogP contribution in [-0.2, 0) is 15.0 Å². The van der Waals surface area contributed by atoms with Crippen molar-refractivity contribution in [1.82, 2.24) is 10.6 Å². The van der Waals surface area contributed by atoms with Gasteiger partial charge < -0.3 is 21.1 Å². The fourth-order valence-electron chi connectivity index (χ4n) is 6.66. The molecule has 9 heteroatoms. The molecule has 2 aliphatic heterocycles. The molecule has 4 atom stereocenters. The molecular weight excluding hydrogens is 545 g/mol. The van der Waals surface area contributed by atoms with Crippen LogP contribution in [0, 0.1) is 5.41 Å². The van der Waals surface area contributed by atoms with Gasteiger partial charge in [0.25, 0.3) is 0 Å². The fourth-order valence-corrected chi connectivity index (χ4v) is 7.26. The van der Waals surface area contributed by atoms with Crippen LogP contribution in [0.2, 0.25) is 15.1 Å². The van der Waals surface area contributed by atoms with E-state index in [0.717, 1.165) is 5.56 Å². The van der Waals surface area contributed by atoms with Gasteiger partial charge in [0.15, 0.2) is 0 Å². The van der Waals surface area contributed by atoms with Crippen molar-refractivity contribution < 1.29 is 14.7 Å². The normalized spacial score (nSPS) is 30.8. The molecule has 2 aromatic rings. The van der Waals surface area contributed by atoms with Crippen LogP contribution in [0.4, 0.5) is 5.69 Å². The largest absolute Gasteiger partial charge is 0.393 e. The monoisotopic (exact) mass is 577 g/mol. The Bertz CT molecular complexity index is 1260. The topological polar surface area (TPSA) is 90.5 Å². The number of aliphatic hydroxyl groups is 1. The van der Waals surface area contributed by atoms with Gasteiger partial charge in [-0.3, -0.25) is 9.59 Å². The molecule has 0 radical (unpaired) electrons. The SMILES string of the molecule is CC(C)(C)C[C@H]1NC(C(=O)NC2CCC(O)CC2)[C@H](c2cccc(Cl)c2Cl)[C@@]12C(=O)Nc1cc(Cl)ccc12. The minimum Gasteiger partial charge on any atom is -0.393 e. The summed E-state index contributed by atoms with van der Waals surface area (Å²) in [5.41, 5.74) is 0.833. The van der Waals surface area contributed by atoms with Crippen molar-refractivity contribution in [2.45, 2.75) is 88.4 Å². The number of halogens is 3. The summed E-state index contributed by atoms with van der Waals surface area (Å²) in [5.74, 6) is -0.996. The highest BCUT2D eigenvalue weighted by Gasteiger charge is 2.66. The van der Waals surface area contributed by atoms with E-state index >= 15 is 0 Å². The Morgan fingerprint density at radius 2 is 1.82 bits per heavy atom. The molecule has 0 bridgehead atoms. The number of carbonyl (C=O) groups excluding carboxylic acids is 2. The molecule has 2 aromatic carbocycles. The Labute approximate surface area is 238 Å². The third-order valence-corrected chi connectivity index (χ3v) is 9.33. The summed E-state index contributed by atoms with van der Waals surface area (Å²) in [5, 5.41) is 21.0. The molecular formula is C29H34Cl3N3O3. The van der Waals surface area contributed by atoms with Gasteiger partial charge in [0.2, 0.25) is 11.8 Å². The van der Waals surface area contributed by atoms with Crippen molar-refractivity contribution in [3.8, 4) is 0 Å². The van der Waals surface area contributed by atoms with Crippen molar-refractivity contribution in [2.24, 2.45) is 5.41 Å². The third kappa shape index (κ3) is 4.84. The molecule has 1 spiro atoms. The molecule has 1 unspecified atom stereocenters. The van der Waals surface area contributed by atoms with Crippen LogP contribution in [0.25, 0.3) is 0 Å². The number of fused-ring (bicyclic) bond motifs is 2.